The Morgan fingerprint density at radius 3 is 2.52 bits per heavy atom. The van der Waals surface area contributed by atoms with Gasteiger partial charge in [-0.3, -0.25) is 19.5 Å². The smallest absolute Gasteiger partial charge is 0.434 e. The van der Waals surface area contributed by atoms with Crippen LogP contribution in [-0.2, 0) is 9.53 Å². The molecule has 0 radical (unpaired) electrons. The summed E-state index contributed by atoms with van der Waals surface area (Å²) < 4.78 is 66.9. The van der Waals surface area contributed by atoms with Gasteiger partial charge in [0.05, 0.1) is 47.5 Å². The lowest BCUT2D eigenvalue weighted by molar-refractivity contribution is -0.384. The molecule has 0 aliphatic carbocycles. The Labute approximate surface area is 272 Å². The number of aromatic nitrogens is 1. The van der Waals surface area contributed by atoms with E-state index >= 15 is 0 Å². The van der Waals surface area contributed by atoms with Crippen LogP contribution in [0.25, 0.3) is 28.2 Å². The topological polar surface area (TPSA) is 135 Å². The normalized spacial score (nSPS) is 14.9. The highest BCUT2D eigenvalue weighted by molar-refractivity contribution is 7.07. The lowest BCUT2D eigenvalue weighted by Gasteiger charge is -2.28. The van der Waals surface area contributed by atoms with E-state index in [1.165, 1.54) is 51.5 Å². The van der Waals surface area contributed by atoms with Crippen LogP contribution in [-0.4, -0.2) is 42.5 Å². The van der Waals surface area contributed by atoms with Crippen LogP contribution in [0.3, 0.4) is 0 Å². The van der Waals surface area contributed by atoms with Gasteiger partial charge in [0.25, 0.3) is 11.2 Å². The average Bonchev–Trinajstić information content (AvgIpc) is 3.66. The van der Waals surface area contributed by atoms with Crippen LogP contribution < -0.4 is 24.4 Å². The summed E-state index contributed by atoms with van der Waals surface area (Å²) in [5.41, 5.74) is -2.74. The monoisotopic (exact) mass is 679 g/mol. The summed E-state index contributed by atoms with van der Waals surface area (Å²) in [5, 5.41) is 12.3. The molecular formula is C33H24F3N3O8S. The maximum absolute atomic E-state index is 14.7. The number of fused-ring (bicyclic) bond motifs is 2. The number of halogens is 3. The fraction of sp³-hybridized carbons (Fsp3) is 0.182. The second-order valence-electron chi connectivity index (χ2n) is 10.3. The van der Waals surface area contributed by atoms with Gasteiger partial charge in [-0.05, 0) is 42.0 Å². The highest BCUT2D eigenvalue weighted by Gasteiger charge is 2.46. The van der Waals surface area contributed by atoms with Gasteiger partial charge in [0.1, 0.15) is 29.1 Å². The first-order valence-corrected chi connectivity index (χ1v) is 15.1. The van der Waals surface area contributed by atoms with Crippen LogP contribution in [0.2, 0.25) is 0 Å². The quantitative estimate of drug-likeness (QED) is 0.116. The molecule has 3 aromatic carbocycles. The number of benzene rings is 3. The summed E-state index contributed by atoms with van der Waals surface area (Å²) in [6.45, 7) is 1.23. The first-order valence-electron chi connectivity index (χ1n) is 14.2. The van der Waals surface area contributed by atoms with Crippen LogP contribution >= 0.6 is 11.3 Å². The van der Waals surface area contributed by atoms with Crippen molar-refractivity contribution in [2.75, 3.05) is 20.8 Å². The highest BCUT2D eigenvalue weighted by Crippen LogP contribution is 2.43. The zero-order valence-electron chi connectivity index (χ0n) is 25.4. The number of ether oxygens (including phenoxy) is 3. The minimum absolute atomic E-state index is 0.0406. The predicted molar refractivity (Wildman–Crippen MR) is 169 cm³/mol. The molecule has 2 aromatic heterocycles. The first-order chi connectivity index (χ1) is 23.0. The number of carbonyl (C=O) groups is 1. The first kappa shape index (κ1) is 32.2. The largest absolute Gasteiger partial charge is 0.496 e. The van der Waals surface area contributed by atoms with Crippen molar-refractivity contribution in [3.63, 3.8) is 0 Å². The van der Waals surface area contributed by atoms with Crippen molar-refractivity contribution in [2.24, 2.45) is 4.99 Å². The van der Waals surface area contributed by atoms with Crippen LogP contribution in [0.5, 0.6) is 11.5 Å². The molecule has 48 heavy (non-hydrogen) atoms. The van der Waals surface area contributed by atoms with Gasteiger partial charge >= 0.3 is 12.1 Å². The third-order valence-electron chi connectivity index (χ3n) is 7.58. The number of esters is 1. The number of alkyl halides is 3. The van der Waals surface area contributed by atoms with Crippen molar-refractivity contribution in [1.29, 1.82) is 0 Å². The van der Waals surface area contributed by atoms with E-state index in [0.717, 1.165) is 4.57 Å². The lowest BCUT2D eigenvalue weighted by atomic mass is 9.90. The number of hydrogen-bond donors (Lipinski definition) is 0. The Morgan fingerprint density at radius 1 is 1.08 bits per heavy atom. The van der Waals surface area contributed by atoms with Crippen molar-refractivity contribution in [1.82, 2.24) is 4.57 Å². The molecule has 246 valence electrons. The Hall–Kier alpha value is -5.70. The molecule has 0 unspecified atom stereocenters. The van der Waals surface area contributed by atoms with Crippen molar-refractivity contribution >= 4 is 39.8 Å². The van der Waals surface area contributed by atoms with E-state index in [1.54, 1.807) is 42.5 Å². The SMILES string of the molecule is CCOC(=O)C1=C(C(F)(F)F)N=c2s/c(=C\c3ccc(-c4ccc([N+](=O)[O-])cc4OC)o3)c(=O)n2[C@@H]1c1c(OC)ccc2ccccc12. The number of non-ortho nitro benzene ring substituents is 1. The highest BCUT2D eigenvalue weighted by atomic mass is 32.1. The number of rotatable bonds is 8. The Kier molecular flexibility index (Phi) is 8.39. The van der Waals surface area contributed by atoms with E-state index in [1.807, 2.05) is 0 Å². The van der Waals surface area contributed by atoms with Crippen molar-refractivity contribution in [3.8, 4) is 22.8 Å². The molecule has 0 fully saturated rings. The number of allylic oxidation sites excluding steroid dienone is 1. The van der Waals surface area contributed by atoms with E-state index in [2.05, 4.69) is 4.99 Å². The minimum atomic E-state index is -5.09. The summed E-state index contributed by atoms with van der Waals surface area (Å²) in [7, 11) is 2.68. The fourth-order valence-corrected chi connectivity index (χ4v) is 6.53. The maximum atomic E-state index is 14.7. The van der Waals surface area contributed by atoms with Gasteiger partial charge in [0.15, 0.2) is 10.5 Å². The number of hydrogen-bond acceptors (Lipinski definition) is 10. The third-order valence-corrected chi connectivity index (χ3v) is 8.56. The molecule has 0 spiro atoms. The van der Waals surface area contributed by atoms with Crippen molar-refractivity contribution in [2.45, 2.75) is 19.1 Å². The molecule has 0 saturated carbocycles. The van der Waals surface area contributed by atoms with Crippen LogP contribution in [0.15, 0.2) is 92.2 Å². The van der Waals surface area contributed by atoms with Gasteiger partial charge in [0.2, 0.25) is 0 Å². The van der Waals surface area contributed by atoms with Crippen molar-refractivity contribution in [3.05, 3.63) is 119 Å². The van der Waals surface area contributed by atoms with Gasteiger partial charge in [-0.1, -0.05) is 41.7 Å². The van der Waals surface area contributed by atoms with Gasteiger partial charge in [-0.2, -0.15) is 13.2 Å². The van der Waals surface area contributed by atoms with E-state index < -0.39 is 39.9 Å². The Morgan fingerprint density at radius 2 is 1.83 bits per heavy atom. The number of thiazole rings is 1. The van der Waals surface area contributed by atoms with Gasteiger partial charge in [-0.15, -0.1) is 0 Å². The molecule has 1 aliphatic rings. The van der Waals surface area contributed by atoms with Crippen LogP contribution in [0.1, 0.15) is 24.3 Å². The fourth-order valence-electron chi connectivity index (χ4n) is 5.55. The third kappa shape index (κ3) is 5.61. The minimum Gasteiger partial charge on any atom is -0.496 e. The van der Waals surface area contributed by atoms with Gasteiger partial charge in [-0.25, -0.2) is 9.79 Å². The molecule has 0 N–H and O–H groups in total. The number of carbonyl (C=O) groups excluding carboxylic acids is 1. The van der Waals surface area contributed by atoms with Crippen LogP contribution in [0, 0.1) is 10.1 Å². The summed E-state index contributed by atoms with van der Waals surface area (Å²) in [6, 6.07) is 15.5. The van der Waals surface area contributed by atoms with E-state index in [9.17, 15) is 32.9 Å². The standard InChI is InChI=1S/C33H24F3N3O8S/c1-4-46-31(41)27-28(26-20-8-6-5-7-17(20)9-13-23(26)44-2)38-30(40)25(48-32(38)37-29(27)33(34,35)36)16-19-11-14-22(47-19)21-12-10-18(39(42)43)15-24(21)45-3/h5-16,28H,4H2,1-3H3/b25-16-/t28-/m1/s1. The van der Waals surface area contributed by atoms with E-state index in [0.29, 0.717) is 27.7 Å². The molecule has 0 amide bonds. The number of furan rings is 1. The Bertz CT molecular complexity index is 2320. The molecule has 0 saturated heterocycles. The maximum Gasteiger partial charge on any atom is 0.434 e. The molecule has 3 heterocycles. The van der Waals surface area contributed by atoms with Gasteiger partial charge in [0, 0.05) is 17.7 Å². The predicted octanol–water partition coefficient (Wildman–Crippen LogP) is 5.68. The molecule has 0 bridgehead atoms. The second kappa shape index (κ2) is 12.5. The van der Waals surface area contributed by atoms with Crippen LogP contribution in [0.4, 0.5) is 18.9 Å². The molecular weight excluding hydrogens is 655 g/mol. The number of methoxy groups -OCH3 is 2. The Balaban J connectivity index is 1.59. The zero-order valence-corrected chi connectivity index (χ0v) is 26.2. The molecule has 1 atom stereocenters. The second-order valence-corrected chi connectivity index (χ2v) is 11.3. The average molecular weight is 680 g/mol. The summed E-state index contributed by atoms with van der Waals surface area (Å²) >= 11 is 0.680. The molecule has 15 heteroatoms. The number of nitrogens with zero attached hydrogens (tertiary/aromatic N) is 3. The van der Waals surface area contributed by atoms with E-state index in [-0.39, 0.29) is 50.2 Å². The summed E-state index contributed by atoms with van der Waals surface area (Å²) in [5.74, 6) is -0.569. The van der Waals surface area contributed by atoms with Gasteiger partial charge < -0.3 is 18.6 Å². The molecule has 6 rings (SSSR count). The van der Waals surface area contributed by atoms with Crippen molar-refractivity contribution < 1.29 is 41.5 Å². The number of nitro benzene ring substituents is 1. The molecule has 1 aliphatic heterocycles. The number of nitro groups is 1. The lowest BCUT2D eigenvalue weighted by Crippen LogP contribution is -2.41. The summed E-state index contributed by atoms with van der Waals surface area (Å²) in [4.78, 5) is 41.7. The molecule has 11 nitrogen and oxygen atoms in total. The van der Waals surface area contributed by atoms with E-state index in [4.69, 9.17) is 18.6 Å². The molecule has 5 aromatic rings. The zero-order chi connectivity index (χ0) is 34.3. The summed E-state index contributed by atoms with van der Waals surface area (Å²) in [6.07, 6.45) is -3.75.